The van der Waals surface area contributed by atoms with Gasteiger partial charge in [0.1, 0.15) is 6.10 Å². The number of aromatic nitrogens is 1. The first-order chi connectivity index (χ1) is 6.65. The van der Waals surface area contributed by atoms with Crippen LogP contribution < -0.4 is 4.73 Å². The zero-order valence-electron chi connectivity index (χ0n) is 7.51. The molecule has 1 aromatic heterocycles. The van der Waals surface area contributed by atoms with Gasteiger partial charge < -0.3 is 15.4 Å². The molecular formula is C9H12ClNO3. The van der Waals surface area contributed by atoms with Crippen molar-refractivity contribution in [2.45, 2.75) is 18.6 Å². The van der Waals surface area contributed by atoms with Gasteiger partial charge in [-0.2, -0.15) is 4.73 Å². The summed E-state index contributed by atoms with van der Waals surface area (Å²) in [5.41, 5.74) is 0.389. The van der Waals surface area contributed by atoms with Gasteiger partial charge in [0.2, 0.25) is 0 Å². The molecule has 0 saturated heterocycles. The number of halogens is 1. The SMILES string of the molecule is [O-][n+]1cccc(C(O)C(O)CCCl)c1. The highest BCUT2D eigenvalue weighted by molar-refractivity contribution is 6.17. The zero-order chi connectivity index (χ0) is 10.6. The second-order valence-corrected chi connectivity index (χ2v) is 3.36. The molecular weight excluding hydrogens is 206 g/mol. The number of hydrogen-bond donors (Lipinski definition) is 2. The Balaban J connectivity index is 2.73. The van der Waals surface area contributed by atoms with E-state index >= 15 is 0 Å². The van der Waals surface area contributed by atoms with E-state index in [0.717, 1.165) is 0 Å². The topological polar surface area (TPSA) is 67.4 Å². The van der Waals surface area contributed by atoms with Gasteiger partial charge >= 0.3 is 0 Å². The third kappa shape index (κ3) is 2.83. The standard InChI is InChI=1S/C9H12ClNO3/c10-4-3-8(12)9(13)7-2-1-5-11(14)6-7/h1-2,5-6,8-9,12-13H,3-4H2. The summed E-state index contributed by atoms with van der Waals surface area (Å²) in [6.07, 6.45) is 0.827. The highest BCUT2D eigenvalue weighted by Gasteiger charge is 2.19. The summed E-state index contributed by atoms with van der Waals surface area (Å²) in [6.45, 7) is 0. The van der Waals surface area contributed by atoms with Crippen LogP contribution in [0.15, 0.2) is 24.5 Å². The first-order valence-corrected chi connectivity index (χ1v) is 4.79. The predicted octanol–water partition coefficient (Wildman–Crippen LogP) is 0.343. The highest BCUT2D eigenvalue weighted by Crippen LogP contribution is 2.17. The van der Waals surface area contributed by atoms with Gasteiger partial charge in [0, 0.05) is 17.5 Å². The van der Waals surface area contributed by atoms with Crippen molar-refractivity contribution in [3.05, 3.63) is 35.3 Å². The van der Waals surface area contributed by atoms with E-state index in [1.54, 1.807) is 6.07 Å². The largest absolute Gasteiger partial charge is 0.619 e. The first-order valence-electron chi connectivity index (χ1n) is 4.26. The number of rotatable bonds is 4. The number of aliphatic hydroxyl groups is 2. The molecule has 0 fully saturated rings. The quantitative estimate of drug-likeness (QED) is 0.434. The Morgan fingerprint density at radius 2 is 2.21 bits per heavy atom. The summed E-state index contributed by atoms with van der Waals surface area (Å²) >= 11 is 5.42. The lowest BCUT2D eigenvalue weighted by Gasteiger charge is -2.15. The van der Waals surface area contributed by atoms with Crippen molar-refractivity contribution in [2.24, 2.45) is 0 Å². The van der Waals surface area contributed by atoms with Crippen LogP contribution in [0.4, 0.5) is 0 Å². The van der Waals surface area contributed by atoms with Crippen molar-refractivity contribution in [1.29, 1.82) is 0 Å². The van der Waals surface area contributed by atoms with Crippen molar-refractivity contribution in [3.63, 3.8) is 0 Å². The number of aliphatic hydroxyl groups excluding tert-OH is 2. The molecule has 0 amide bonds. The summed E-state index contributed by atoms with van der Waals surface area (Å²) in [5, 5.41) is 29.9. The lowest BCUT2D eigenvalue weighted by atomic mass is 10.1. The van der Waals surface area contributed by atoms with Crippen LogP contribution in [0.2, 0.25) is 0 Å². The first kappa shape index (κ1) is 11.2. The molecule has 1 heterocycles. The van der Waals surface area contributed by atoms with Gasteiger partial charge in [0.05, 0.1) is 6.10 Å². The van der Waals surface area contributed by atoms with Gasteiger partial charge in [-0.05, 0) is 12.5 Å². The molecule has 0 aliphatic heterocycles. The van der Waals surface area contributed by atoms with Crippen molar-refractivity contribution >= 4 is 11.6 Å². The van der Waals surface area contributed by atoms with Crippen LogP contribution in [0.1, 0.15) is 18.1 Å². The van der Waals surface area contributed by atoms with E-state index < -0.39 is 12.2 Å². The zero-order valence-corrected chi connectivity index (χ0v) is 8.26. The Morgan fingerprint density at radius 1 is 1.50 bits per heavy atom. The molecule has 1 rings (SSSR count). The number of hydrogen-bond acceptors (Lipinski definition) is 3. The van der Waals surface area contributed by atoms with Gasteiger partial charge in [0.25, 0.3) is 0 Å². The molecule has 2 unspecified atom stereocenters. The van der Waals surface area contributed by atoms with Gasteiger partial charge in [-0.25, -0.2) is 0 Å². The Bertz CT molecular complexity index is 295. The lowest BCUT2D eigenvalue weighted by molar-refractivity contribution is -0.606. The third-order valence-corrected chi connectivity index (χ3v) is 2.13. The van der Waals surface area contributed by atoms with Gasteiger partial charge in [-0.1, -0.05) is 0 Å². The second kappa shape index (κ2) is 5.14. The Kier molecular flexibility index (Phi) is 4.13. The Morgan fingerprint density at radius 3 is 2.79 bits per heavy atom. The highest BCUT2D eigenvalue weighted by atomic mass is 35.5. The van der Waals surface area contributed by atoms with E-state index in [2.05, 4.69) is 0 Å². The van der Waals surface area contributed by atoms with Gasteiger partial charge in [-0.15, -0.1) is 11.6 Å². The van der Waals surface area contributed by atoms with Crippen LogP contribution in [-0.2, 0) is 0 Å². The van der Waals surface area contributed by atoms with Crippen molar-refractivity contribution < 1.29 is 14.9 Å². The predicted molar refractivity (Wildman–Crippen MR) is 51.7 cm³/mol. The molecule has 1 aromatic rings. The van der Waals surface area contributed by atoms with E-state index in [1.807, 2.05) is 0 Å². The molecule has 0 aliphatic rings. The number of pyridine rings is 1. The average Bonchev–Trinajstić information content (AvgIpc) is 2.17. The van der Waals surface area contributed by atoms with Crippen LogP contribution in [0.3, 0.4) is 0 Å². The van der Waals surface area contributed by atoms with E-state index in [0.29, 0.717) is 10.3 Å². The fraction of sp³-hybridized carbons (Fsp3) is 0.444. The molecule has 0 spiro atoms. The van der Waals surface area contributed by atoms with E-state index in [1.165, 1.54) is 18.5 Å². The van der Waals surface area contributed by atoms with E-state index in [9.17, 15) is 15.4 Å². The molecule has 0 aliphatic carbocycles. The van der Waals surface area contributed by atoms with Crippen LogP contribution in [0.5, 0.6) is 0 Å². The minimum absolute atomic E-state index is 0.266. The van der Waals surface area contributed by atoms with E-state index in [4.69, 9.17) is 11.6 Å². The molecule has 78 valence electrons. The number of nitrogens with zero attached hydrogens (tertiary/aromatic N) is 1. The fourth-order valence-corrected chi connectivity index (χ4v) is 1.36. The minimum atomic E-state index is -1.06. The fourth-order valence-electron chi connectivity index (χ4n) is 1.14. The molecule has 0 aromatic carbocycles. The molecule has 4 nitrogen and oxygen atoms in total. The smallest absolute Gasteiger partial charge is 0.186 e. The Hall–Kier alpha value is -0.840. The summed E-state index contributed by atoms with van der Waals surface area (Å²) in [4.78, 5) is 0. The summed E-state index contributed by atoms with van der Waals surface area (Å²) in [6, 6.07) is 3.09. The van der Waals surface area contributed by atoms with Gasteiger partial charge in [-0.3, -0.25) is 0 Å². The molecule has 14 heavy (non-hydrogen) atoms. The normalized spacial score (nSPS) is 15.1. The number of alkyl halides is 1. The molecule has 0 saturated carbocycles. The maximum Gasteiger partial charge on any atom is 0.186 e. The van der Waals surface area contributed by atoms with E-state index in [-0.39, 0.29) is 12.3 Å². The lowest BCUT2D eigenvalue weighted by Crippen LogP contribution is -2.27. The third-order valence-electron chi connectivity index (χ3n) is 1.91. The summed E-state index contributed by atoms with van der Waals surface area (Å²) < 4.78 is 0.575. The molecule has 2 N–H and O–H groups in total. The van der Waals surface area contributed by atoms with Crippen molar-refractivity contribution in [3.8, 4) is 0 Å². The second-order valence-electron chi connectivity index (χ2n) is 2.99. The van der Waals surface area contributed by atoms with Gasteiger partial charge in [0.15, 0.2) is 12.4 Å². The molecule has 2 atom stereocenters. The minimum Gasteiger partial charge on any atom is -0.619 e. The van der Waals surface area contributed by atoms with Crippen LogP contribution in [-0.4, -0.2) is 22.2 Å². The van der Waals surface area contributed by atoms with Crippen LogP contribution >= 0.6 is 11.6 Å². The molecule has 0 radical (unpaired) electrons. The molecule has 0 bridgehead atoms. The summed E-state index contributed by atoms with van der Waals surface area (Å²) in [5.74, 6) is 0.266. The maximum atomic E-state index is 10.9. The van der Waals surface area contributed by atoms with Crippen molar-refractivity contribution in [1.82, 2.24) is 0 Å². The van der Waals surface area contributed by atoms with Crippen molar-refractivity contribution in [2.75, 3.05) is 5.88 Å². The van der Waals surface area contributed by atoms with Crippen LogP contribution in [0, 0.1) is 5.21 Å². The molecule has 5 heteroatoms. The summed E-state index contributed by atoms with van der Waals surface area (Å²) in [7, 11) is 0. The average molecular weight is 218 g/mol. The van der Waals surface area contributed by atoms with Crippen LogP contribution in [0.25, 0.3) is 0 Å². The maximum absolute atomic E-state index is 10.9. The monoisotopic (exact) mass is 217 g/mol. The Labute approximate surface area is 87.0 Å².